The molecule has 8 nitrogen and oxygen atoms in total. The number of allylic oxidation sites excluding steroid dienone is 3. The number of ether oxygens (including phenoxy) is 2. The van der Waals surface area contributed by atoms with E-state index in [0.717, 1.165) is 10.1 Å². The molecule has 0 saturated heterocycles. The maximum atomic E-state index is 13.1. The van der Waals surface area contributed by atoms with Crippen molar-refractivity contribution in [2.24, 2.45) is 0 Å². The minimum Gasteiger partial charge on any atom is -0.490 e. The van der Waals surface area contributed by atoms with Gasteiger partial charge in [0, 0.05) is 28.2 Å². The molecule has 0 amide bonds. The predicted molar refractivity (Wildman–Crippen MR) is 121 cm³/mol. The molecule has 2 aromatic heterocycles. The Bertz CT molecular complexity index is 1230. The summed E-state index contributed by atoms with van der Waals surface area (Å²) in [6.07, 6.45) is 3.34. The summed E-state index contributed by atoms with van der Waals surface area (Å²) in [5.74, 6) is -0.818. The van der Waals surface area contributed by atoms with E-state index in [1.807, 2.05) is 41.8 Å². The second-order valence-electron chi connectivity index (χ2n) is 7.22. The molecule has 3 aromatic rings. The second kappa shape index (κ2) is 9.19. The van der Waals surface area contributed by atoms with E-state index in [0.29, 0.717) is 22.7 Å². The number of nitrogens with one attached hydrogen (secondary N) is 1. The Labute approximate surface area is 188 Å². The Balaban J connectivity index is 1.62. The minimum atomic E-state index is -0.869. The van der Waals surface area contributed by atoms with Crippen LogP contribution in [-0.2, 0) is 9.53 Å². The first-order valence-electron chi connectivity index (χ1n) is 9.96. The lowest BCUT2D eigenvalue weighted by Gasteiger charge is -2.26. The van der Waals surface area contributed by atoms with Gasteiger partial charge in [0.2, 0.25) is 0 Å². The number of thiophene rings is 1. The van der Waals surface area contributed by atoms with E-state index in [4.69, 9.17) is 9.47 Å². The summed E-state index contributed by atoms with van der Waals surface area (Å²) in [5, 5.41) is 17.6. The van der Waals surface area contributed by atoms with Crippen LogP contribution in [0, 0.1) is 10.1 Å². The molecule has 0 fully saturated rings. The molecule has 1 unspecified atom stereocenters. The molecule has 1 aliphatic rings. The number of esters is 1. The van der Waals surface area contributed by atoms with Crippen molar-refractivity contribution in [1.29, 1.82) is 0 Å². The Kier molecular flexibility index (Phi) is 6.18. The van der Waals surface area contributed by atoms with E-state index in [2.05, 4.69) is 10.3 Å². The Morgan fingerprint density at radius 1 is 1.19 bits per heavy atom. The molecule has 1 aliphatic heterocycles. The third-order valence-electron chi connectivity index (χ3n) is 5.19. The molecule has 1 atom stereocenters. The molecule has 1 N–H and O–H groups in total. The standard InChI is InChI=1S/C23H21N3O5S/c1-14-20(23(27)31-11-10-30-16-6-4-3-5-7-16)21(22(26(28)29)15(2)25-14)18-13-32-19-8-9-24-12-17(18)19/h3-9,12-13,21,25H,10-11H2,1-2H3. The third kappa shape index (κ3) is 4.19. The van der Waals surface area contributed by atoms with Crippen LogP contribution in [0.2, 0.25) is 0 Å². The number of hydrogen-bond acceptors (Lipinski definition) is 8. The second-order valence-corrected chi connectivity index (χ2v) is 8.14. The summed E-state index contributed by atoms with van der Waals surface area (Å²) in [5.41, 5.74) is 1.72. The average molecular weight is 452 g/mol. The van der Waals surface area contributed by atoms with Crippen LogP contribution < -0.4 is 10.1 Å². The van der Waals surface area contributed by atoms with Gasteiger partial charge >= 0.3 is 5.97 Å². The zero-order valence-electron chi connectivity index (χ0n) is 17.5. The van der Waals surface area contributed by atoms with Gasteiger partial charge in [0.05, 0.1) is 16.2 Å². The van der Waals surface area contributed by atoms with Crippen LogP contribution in [0.1, 0.15) is 25.3 Å². The lowest BCUT2D eigenvalue weighted by Crippen LogP contribution is -2.32. The van der Waals surface area contributed by atoms with Gasteiger partial charge in [0.1, 0.15) is 24.9 Å². The van der Waals surface area contributed by atoms with Gasteiger partial charge in [-0.05, 0) is 43.0 Å². The summed E-state index contributed by atoms with van der Waals surface area (Å²) in [6, 6.07) is 11.0. The summed E-state index contributed by atoms with van der Waals surface area (Å²) in [6.45, 7) is 3.54. The number of pyridine rings is 1. The van der Waals surface area contributed by atoms with Crippen molar-refractivity contribution in [2.75, 3.05) is 13.2 Å². The lowest BCUT2D eigenvalue weighted by atomic mass is 9.84. The van der Waals surface area contributed by atoms with Crippen LogP contribution in [0.5, 0.6) is 5.75 Å². The molecular formula is C23H21N3O5S. The van der Waals surface area contributed by atoms with Gasteiger partial charge in [-0.15, -0.1) is 11.3 Å². The van der Waals surface area contributed by atoms with Gasteiger partial charge < -0.3 is 14.8 Å². The van der Waals surface area contributed by atoms with Crippen LogP contribution in [0.3, 0.4) is 0 Å². The first-order chi connectivity index (χ1) is 15.5. The molecular weight excluding hydrogens is 430 g/mol. The highest BCUT2D eigenvalue weighted by molar-refractivity contribution is 7.17. The van der Waals surface area contributed by atoms with E-state index in [9.17, 15) is 14.9 Å². The number of hydrogen-bond donors (Lipinski definition) is 1. The number of nitrogens with zero attached hydrogens (tertiary/aromatic N) is 2. The molecule has 0 radical (unpaired) electrons. The zero-order chi connectivity index (χ0) is 22.7. The molecule has 0 aliphatic carbocycles. The third-order valence-corrected chi connectivity index (χ3v) is 6.17. The van der Waals surface area contributed by atoms with E-state index in [1.165, 1.54) is 11.3 Å². The van der Waals surface area contributed by atoms with Crippen molar-refractivity contribution in [2.45, 2.75) is 19.8 Å². The predicted octanol–water partition coefficient (Wildman–Crippen LogP) is 4.39. The largest absolute Gasteiger partial charge is 0.490 e. The number of nitro groups is 1. The molecule has 32 heavy (non-hydrogen) atoms. The molecule has 0 saturated carbocycles. The smallest absolute Gasteiger partial charge is 0.337 e. The zero-order valence-corrected chi connectivity index (χ0v) is 18.3. The van der Waals surface area contributed by atoms with Gasteiger partial charge in [0.15, 0.2) is 0 Å². The topological polar surface area (TPSA) is 104 Å². The number of fused-ring (bicyclic) bond motifs is 1. The molecule has 9 heteroatoms. The normalized spacial score (nSPS) is 16.1. The van der Waals surface area contributed by atoms with Crippen molar-refractivity contribution >= 4 is 27.4 Å². The number of rotatable bonds is 7. The number of dihydropyridines is 1. The lowest BCUT2D eigenvalue weighted by molar-refractivity contribution is -0.431. The van der Waals surface area contributed by atoms with Gasteiger partial charge in [-0.2, -0.15) is 0 Å². The minimum absolute atomic E-state index is 0.0136. The van der Waals surface area contributed by atoms with Gasteiger partial charge in [-0.3, -0.25) is 15.1 Å². The van der Waals surface area contributed by atoms with Gasteiger partial charge in [-0.25, -0.2) is 4.79 Å². The van der Waals surface area contributed by atoms with Crippen molar-refractivity contribution in [3.8, 4) is 5.75 Å². The fourth-order valence-electron chi connectivity index (χ4n) is 3.80. The molecule has 0 spiro atoms. The van der Waals surface area contributed by atoms with Gasteiger partial charge in [-0.1, -0.05) is 18.2 Å². The highest BCUT2D eigenvalue weighted by Gasteiger charge is 2.42. The maximum absolute atomic E-state index is 13.1. The molecule has 0 bridgehead atoms. The number of para-hydroxylation sites is 1. The van der Waals surface area contributed by atoms with E-state index in [1.54, 1.807) is 26.2 Å². The van der Waals surface area contributed by atoms with Crippen LogP contribution in [-0.4, -0.2) is 29.1 Å². The molecule has 164 valence electrons. The van der Waals surface area contributed by atoms with Gasteiger partial charge in [0.25, 0.3) is 5.70 Å². The summed E-state index contributed by atoms with van der Waals surface area (Å²) in [4.78, 5) is 28.8. The van der Waals surface area contributed by atoms with Crippen LogP contribution in [0.15, 0.2) is 76.8 Å². The van der Waals surface area contributed by atoms with Crippen LogP contribution >= 0.6 is 11.3 Å². The quantitative estimate of drug-likeness (QED) is 0.246. The first-order valence-corrected chi connectivity index (χ1v) is 10.8. The number of carbonyl (C=O) groups is 1. The Hall–Kier alpha value is -3.72. The highest BCUT2D eigenvalue weighted by atomic mass is 32.1. The maximum Gasteiger partial charge on any atom is 0.337 e. The fourth-order valence-corrected chi connectivity index (χ4v) is 4.76. The van der Waals surface area contributed by atoms with Crippen molar-refractivity contribution in [1.82, 2.24) is 10.3 Å². The summed E-state index contributed by atoms with van der Waals surface area (Å²) < 4.78 is 12.0. The number of benzene rings is 1. The van der Waals surface area contributed by atoms with Crippen LogP contribution in [0.25, 0.3) is 10.1 Å². The van der Waals surface area contributed by atoms with E-state index < -0.39 is 16.8 Å². The Morgan fingerprint density at radius 3 is 2.72 bits per heavy atom. The Morgan fingerprint density at radius 2 is 1.97 bits per heavy atom. The monoisotopic (exact) mass is 451 g/mol. The van der Waals surface area contributed by atoms with Crippen molar-refractivity contribution in [3.05, 3.63) is 92.5 Å². The summed E-state index contributed by atoms with van der Waals surface area (Å²) >= 11 is 1.46. The fraction of sp³-hybridized carbons (Fsp3) is 0.217. The number of aromatic nitrogens is 1. The van der Waals surface area contributed by atoms with E-state index in [-0.39, 0.29) is 24.5 Å². The van der Waals surface area contributed by atoms with Crippen LogP contribution in [0.4, 0.5) is 0 Å². The molecule has 3 heterocycles. The van der Waals surface area contributed by atoms with E-state index >= 15 is 0 Å². The molecule has 1 aromatic carbocycles. The SMILES string of the molecule is CC1=C(C(=O)OCCOc2ccccc2)C(c2csc3ccncc23)C([N+](=O)[O-])=C(C)N1. The van der Waals surface area contributed by atoms with Crippen molar-refractivity contribution < 1.29 is 19.2 Å². The van der Waals surface area contributed by atoms with Crippen molar-refractivity contribution in [3.63, 3.8) is 0 Å². The summed E-state index contributed by atoms with van der Waals surface area (Å²) in [7, 11) is 0. The first kappa shape index (κ1) is 21.5. The number of carbonyl (C=O) groups excluding carboxylic acids is 1. The average Bonchev–Trinajstić information content (AvgIpc) is 3.20. The highest BCUT2D eigenvalue weighted by Crippen LogP contribution is 2.43. The molecule has 4 rings (SSSR count).